The smallest absolute Gasteiger partial charge is 0.191 e. The highest BCUT2D eigenvalue weighted by Gasteiger charge is 1.92. The summed E-state index contributed by atoms with van der Waals surface area (Å²) in [6, 6.07) is 0. The normalized spacial score (nSPS) is 13.6. The zero-order valence-electron chi connectivity index (χ0n) is 6.14. The van der Waals surface area contributed by atoms with E-state index in [1.54, 1.807) is 0 Å². The Labute approximate surface area is 57.5 Å². The van der Waals surface area contributed by atoms with E-state index in [1.165, 1.54) is 0 Å². The molecule has 2 nitrogen and oxygen atoms in total. The van der Waals surface area contributed by atoms with E-state index in [2.05, 4.69) is 6.92 Å². The van der Waals surface area contributed by atoms with Gasteiger partial charge in [-0.25, -0.2) is 0 Å². The Bertz CT molecular complexity index is 83.1. The molecule has 0 rings (SSSR count). The lowest BCUT2D eigenvalue weighted by Gasteiger charge is -1.98. The van der Waals surface area contributed by atoms with Crippen molar-refractivity contribution < 1.29 is 9.09 Å². The number of rotatable bonds is 5. The molecule has 0 fully saturated rings. The highest BCUT2D eigenvalue weighted by molar-refractivity contribution is 7.39. The van der Waals surface area contributed by atoms with Crippen molar-refractivity contribution in [3.8, 4) is 0 Å². The molecule has 0 bridgehead atoms. The monoisotopic (exact) mass is 150 g/mol. The van der Waals surface area contributed by atoms with Crippen LogP contribution in [0.4, 0.5) is 0 Å². The van der Waals surface area contributed by atoms with E-state index in [0.717, 1.165) is 12.8 Å². The van der Waals surface area contributed by atoms with Crippen LogP contribution >= 0.6 is 8.03 Å². The molecule has 0 aliphatic carbocycles. The van der Waals surface area contributed by atoms with E-state index >= 15 is 0 Å². The lowest BCUT2D eigenvalue weighted by Crippen LogP contribution is -1.85. The first-order valence-electron chi connectivity index (χ1n) is 3.46. The second-order valence-corrected chi connectivity index (χ2v) is 3.67. The van der Waals surface area contributed by atoms with Crippen molar-refractivity contribution in [3.05, 3.63) is 0 Å². The Kier molecular flexibility index (Phi) is 6.45. The molecule has 0 saturated carbocycles. The molecule has 0 aliphatic rings. The fourth-order valence-electron chi connectivity index (χ4n) is 0.432. The van der Waals surface area contributed by atoms with Crippen molar-refractivity contribution in [2.24, 2.45) is 0 Å². The molecule has 0 amide bonds. The molecule has 0 spiro atoms. The SMILES string of the molecule is CCCCO[PH](=O)CC. The molecule has 0 heterocycles. The van der Waals surface area contributed by atoms with Gasteiger partial charge in [0.1, 0.15) is 0 Å². The fourth-order valence-corrected chi connectivity index (χ4v) is 1.01. The van der Waals surface area contributed by atoms with Crippen LogP contribution in [0.3, 0.4) is 0 Å². The molecule has 0 radical (unpaired) electrons. The third-order valence-corrected chi connectivity index (χ3v) is 2.15. The Morgan fingerprint density at radius 1 is 1.44 bits per heavy atom. The predicted octanol–water partition coefficient (Wildman–Crippen LogP) is 2.30. The molecular formula is C6H15O2P. The third kappa shape index (κ3) is 6.07. The maximum absolute atomic E-state index is 10.6. The standard InChI is InChI=1S/C6H15O2P/c1-3-5-6-8-9(7)4-2/h9H,3-6H2,1-2H3. The molecule has 0 aromatic heterocycles. The Hall–Kier alpha value is 0.190. The molecule has 56 valence electrons. The summed E-state index contributed by atoms with van der Waals surface area (Å²) in [6.45, 7) is 4.64. The van der Waals surface area contributed by atoms with Gasteiger partial charge in [0.05, 0.1) is 6.61 Å². The summed E-state index contributed by atoms with van der Waals surface area (Å²) in [5.74, 6) is 0. The van der Waals surface area contributed by atoms with Crippen LogP contribution in [0.15, 0.2) is 0 Å². The zero-order valence-corrected chi connectivity index (χ0v) is 7.14. The van der Waals surface area contributed by atoms with Gasteiger partial charge >= 0.3 is 0 Å². The summed E-state index contributed by atoms with van der Waals surface area (Å²) in [6.07, 6.45) is 2.81. The van der Waals surface area contributed by atoms with Crippen LogP contribution in [0, 0.1) is 0 Å². The maximum Gasteiger partial charge on any atom is 0.191 e. The number of unbranched alkanes of at least 4 members (excludes halogenated alkanes) is 1. The van der Waals surface area contributed by atoms with Crippen molar-refractivity contribution in [3.63, 3.8) is 0 Å². The van der Waals surface area contributed by atoms with E-state index in [-0.39, 0.29) is 0 Å². The largest absolute Gasteiger partial charge is 0.330 e. The summed E-state index contributed by atoms with van der Waals surface area (Å²) in [4.78, 5) is 0. The Morgan fingerprint density at radius 3 is 2.56 bits per heavy atom. The molecule has 0 N–H and O–H groups in total. The minimum atomic E-state index is -1.65. The molecule has 0 aliphatic heterocycles. The van der Waals surface area contributed by atoms with E-state index in [4.69, 9.17) is 4.52 Å². The summed E-state index contributed by atoms with van der Waals surface area (Å²) in [5, 5.41) is 0. The van der Waals surface area contributed by atoms with Gasteiger partial charge in [0.25, 0.3) is 0 Å². The maximum atomic E-state index is 10.6. The van der Waals surface area contributed by atoms with Crippen LogP contribution in [0.25, 0.3) is 0 Å². The molecule has 0 aromatic carbocycles. The van der Waals surface area contributed by atoms with E-state index in [1.807, 2.05) is 6.92 Å². The van der Waals surface area contributed by atoms with Gasteiger partial charge in [0.2, 0.25) is 0 Å². The van der Waals surface area contributed by atoms with Crippen molar-refractivity contribution in [2.75, 3.05) is 12.8 Å². The highest BCUT2D eigenvalue weighted by Crippen LogP contribution is 2.20. The van der Waals surface area contributed by atoms with Gasteiger partial charge in [0, 0.05) is 6.16 Å². The summed E-state index contributed by atoms with van der Waals surface area (Å²) in [5.41, 5.74) is 0. The van der Waals surface area contributed by atoms with Crippen LogP contribution < -0.4 is 0 Å². The molecule has 3 heteroatoms. The van der Waals surface area contributed by atoms with Crippen molar-refractivity contribution in [1.82, 2.24) is 0 Å². The number of hydrogen-bond donors (Lipinski definition) is 0. The first kappa shape index (κ1) is 9.19. The predicted molar refractivity (Wildman–Crippen MR) is 40.4 cm³/mol. The molecule has 0 aromatic rings. The second kappa shape index (κ2) is 6.31. The zero-order chi connectivity index (χ0) is 7.11. The lowest BCUT2D eigenvalue weighted by molar-refractivity contribution is 0.321. The van der Waals surface area contributed by atoms with Crippen LogP contribution in [0.2, 0.25) is 0 Å². The van der Waals surface area contributed by atoms with Crippen molar-refractivity contribution >= 4 is 8.03 Å². The highest BCUT2D eigenvalue weighted by atomic mass is 31.1. The first-order chi connectivity index (χ1) is 4.31. The van der Waals surface area contributed by atoms with Crippen LogP contribution in [-0.2, 0) is 9.09 Å². The van der Waals surface area contributed by atoms with E-state index in [0.29, 0.717) is 12.8 Å². The van der Waals surface area contributed by atoms with Gasteiger partial charge in [-0.15, -0.1) is 0 Å². The minimum absolute atomic E-state index is 0.669. The van der Waals surface area contributed by atoms with E-state index < -0.39 is 8.03 Å². The van der Waals surface area contributed by atoms with Gasteiger partial charge in [-0.1, -0.05) is 20.3 Å². The molecule has 1 unspecified atom stereocenters. The van der Waals surface area contributed by atoms with Gasteiger partial charge in [0.15, 0.2) is 8.03 Å². The Balaban J connectivity index is 2.97. The first-order valence-corrected chi connectivity index (χ1v) is 4.99. The summed E-state index contributed by atoms with van der Waals surface area (Å²) in [7, 11) is -1.65. The quantitative estimate of drug-likeness (QED) is 0.444. The molecule has 0 saturated heterocycles. The van der Waals surface area contributed by atoms with Crippen LogP contribution in [0.5, 0.6) is 0 Å². The summed E-state index contributed by atoms with van der Waals surface area (Å²) < 4.78 is 15.6. The van der Waals surface area contributed by atoms with Gasteiger partial charge in [-0.2, -0.15) is 0 Å². The molecule has 9 heavy (non-hydrogen) atoms. The second-order valence-electron chi connectivity index (χ2n) is 1.93. The van der Waals surface area contributed by atoms with Gasteiger partial charge in [-0.05, 0) is 6.42 Å². The average Bonchev–Trinajstić information content (AvgIpc) is 1.89. The average molecular weight is 150 g/mol. The molecular weight excluding hydrogens is 135 g/mol. The van der Waals surface area contributed by atoms with Gasteiger partial charge < -0.3 is 4.52 Å². The lowest BCUT2D eigenvalue weighted by atomic mass is 10.4. The van der Waals surface area contributed by atoms with Crippen molar-refractivity contribution in [1.29, 1.82) is 0 Å². The summed E-state index contributed by atoms with van der Waals surface area (Å²) >= 11 is 0. The fraction of sp³-hybridized carbons (Fsp3) is 1.00. The number of hydrogen-bond acceptors (Lipinski definition) is 2. The third-order valence-electron chi connectivity index (χ3n) is 1.05. The van der Waals surface area contributed by atoms with Crippen LogP contribution in [0.1, 0.15) is 26.7 Å². The van der Waals surface area contributed by atoms with E-state index in [9.17, 15) is 4.57 Å². The topological polar surface area (TPSA) is 26.3 Å². The van der Waals surface area contributed by atoms with Crippen LogP contribution in [-0.4, -0.2) is 12.8 Å². The van der Waals surface area contributed by atoms with Gasteiger partial charge in [-0.3, -0.25) is 4.57 Å². The molecule has 1 atom stereocenters. The van der Waals surface area contributed by atoms with Crippen molar-refractivity contribution in [2.45, 2.75) is 26.7 Å². The Morgan fingerprint density at radius 2 is 2.11 bits per heavy atom. The minimum Gasteiger partial charge on any atom is -0.330 e.